The quantitative estimate of drug-likeness (QED) is 0.711. The number of ether oxygens (including phenoxy) is 1. The second-order valence-electron chi connectivity index (χ2n) is 5.35. The van der Waals surface area contributed by atoms with Gasteiger partial charge in [0.25, 0.3) is 10.0 Å². The summed E-state index contributed by atoms with van der Waals surface area (Å²) in [4.78, 5) is 11.0. The molecule has 3 rings (SSSR count). The van der Waals surface area contributed by atoms with E-state index < -0.39 is 15.9 Å². The summed E-state index contributed by atoms with van der Waals surface area (Å²) in [6.45, 7) is 0. The lowest BCUT2D eigenvalue weighted by Gasteiger charge is -2.09. The Balaban J connectivity index is 2.08. The van der Waals surface area contributed by atoms with Crippen molar-refractivity contribution in [3.05, 3.63) is 66.4 Å². The van der Waals surface area contributed by atoms with E-state index in [1.165, 1.54) is 34.5 Å². The summed E-state index contributed by atoms with van der Waals surface area (Å²) in [5.74, 6) is 0.0554. The van der Waals surface area contributed by atoms with Crippen LogP contribution in [-0.2, 0) is 14.8 Å². The zero-order chi connectivity index (χ0) is 18.0. The Morgan fingerprint density at radius 2 is 1.96 bits per heavy atom. The van der Waals surface area contributed by atoms with E-state index in [0.717, 1.165) is 5.39 Å². The molecule has 1 aromatic heterocycles. The lowest BCUT2D eigenvalue weighted by Crippen LogP contribution is -2.11. The second kappa shape index (κ2) is 6.45. The summed E-state index contributed by atoms with van der Waals surface area (Å²) in [7, 11) is -2.22. The van der Waals surface area contributed by atoms with Crippen molar-refractivity contribution in [2.45, 2.75) is 4.90 Å². The van der Waals surface area contributed by atoms with Crippen LogP contribution in [-0.4, -0.2) is 25.4 Å². The highest BCUT2D eigenvalue weighted by molar-refractivity contribution is 7.90. The number of methoxy groups -OCH3 is 1. The van der Waals surface area contributed by atoms with Crippen molar-refractivity contribution in [3.63, 3.8) is 0 Å². The van der Waals surface area contributed by atoms with E-state index in [4.69, 9.17) is 10.5 Å². The molecule has 7 heteroatoms. The fourth-order valence-corrected chi connectivity index (χ4v) is 3.91. The maximum Gasteiger partial charge on any atom is 0.268 e. The molecule has 1 heterocycles. The lowest BCUT2D eigenvalue weighted by atomic mass is 10.2. The zero-order valence-corrected chi connectivity index (χ0v) is 14.2. The topological polar surface area (TPSA) is 91.4 Å². The van der Waals surface area contributed by atoms with Crippen molar-refractivity contribution >= 4 is 32.9 Å². The standard InChI is InChI=1S/C18H16N2O4S/c1-24-15-6-7-17-14(12-15)9-10-20(17)25(22,23)16-4-2-3-13(11-16)5-8-18(19)21/h2-12H,1H3,(H2,19,21). The molecular formula is C18H16N2O4S. The molecule has 0 saturated heterocycles. The van der Waals surface area contributed by atoms with Crippen molar-refractivity contribution in [3.8, 4) is 5.75 Å². The number of fused-ring (bicyclic) bond motifs is 1. The van der Waals surface area contributed by atoms with Crippen molar-refractivity contribution in [2.24, 2.45) is 5.73 Å². The molecule has 0 fully saturated rings. The minimum atomic E-state index is -3.78. The van der Waals surface area contributed by atoms with Gasteiger partial charge in [0, 0.05) is 17.7 Å². The minimum absolute atomic E-state index is 0.118. The fraction of sp³-hybridized carbons (Fsp3) is 0.0556. The molecule has 0 aliphatic heterocycles. The molecule has 0 atom stereocenters. The number of rotatable bonds is 5. The molecule has 25 heavy (non-hydrogen) atoms. The number of nitrogens with two attached hydrogens (primary N) is 1. The fourth-order valence-electron chi connectivity index (χ4n) is 2.50. The Hall–Kier alpha value is -3.06. The Labute approximate surface area is 145 Å². The van der Waals surface area contributed by atoms with Crippen molar-refractivity contribution < 1.29 is 17.9 Å². The van der Waals surface area contributed by atoms with Gasteiger partial charge in [-0.15, -0.1) is 0 Å². The van der Waals surface area contributed by atoms with Gasteiger partial charge in [-0.1, -0.05) is 12.1 Å². The number of aromatic nitrogens is 1. The summed E-state index contributed by atoms with van der Waals surface area (Å²) >= 11 is 0. The third-order valence-corrected chi connectivity index (χ3v) is 5.40. The number of hydrogen-bond donors (Lipinski definition) is 1. The summed E-state index contributed by atoms with van der Waals surface area (Å²) < 4.78 is 32.3. The number of carbonyl (C=O) groups is 1. The van der Waals surface area contributed by atoms with Gasteiger partial charge in [0.15, 0.2) is 0 Å². The molecule has 2 aromatic carbocycles. The Bertz CT molecular complexity index is 1080. The number of primary amides is 1. The van der Waals surface area contributed by atoms with Crippen LogP contribution in [0.25, 0.3) is 17.0 Å². The van der Waals surface area contributed by atoms with E-state index >= 15 is 0 Å². The van der Waals surface area contributed by atoms with Gasteiger partial charge in [0.1, 0.15) is 5.75 Å². The number of amides is 1. The van der Waals surface area contributed by atoms with E-state index in [-0.39, 0.29) is 4.90 Å². The van der Waals surface area contributed by atoms with Crippen LogP contribution in [0.4, 0.5) is 0 Å². The maximum atomic E-state index is 13.0. The monoisotopic (exact) mass is 356 g/mol. The highest BCUT2D eigenvalue weighted by Crippen LogP contribution is 2.26. The largest absolute Gasteiger partial charge is 0.497 e. The molecule has 0 aliphatic rings. The molecule has 128 valence electrons. The van der Waals surface area contributed by atoms with Crippen LogP contribution in [0.3, 0.4) is 0 Å². The molecule has 3 aromatic rings. The number of benzene rings is 2. The molecule has 1 amide bonds. The number of carbonyl (C=O) groups excluding carboxylic acids is 1. The normalized spacial score (nSPS) is 11.9. The van der Waals surface area contributed by atoms with Gasteiger partial charge in [0.2, 0.25) is 5.91 Å². The summed E-state index contributed by atoms with van der Waals surface area (Å²) in [5, 5.41) is 0.757. The van der Waals surface area contributed by atoms with Crippen LogP contribution in [0.5, 0.6) is 5.75 Å². The van der Waals surface area contributed by atoms with E-state index in [1.807, 2.05) is 0 Å². The van der Waals surface area contributed by atoms with Crippen LogP contribution < -0.4 is 10.5 Å². The molecule has 0 saturated carbocycles. The molecule has 0 unspecified atom stereocenters. The van der Waals surface area contributed by atoms with Gasteiger partial charge in [-0.2, -0.15) is 0 Å². The average molecular weight is 356 g/mol. The van der Waals surface area contributed by atoms with Gasteiger partial charge in [-0.3, -0.25) is 4.79 Å². The van der Waals surface area contributed by atoms with Crippen molar-refractivity contribution in [1.82, 2.24) is 3.97 Å². The first-order chi connectivity index (χ1) is 11.9. The average Bonchev–Trinajstić information content (AvgIpc) is 3.04. The van der Waals surface area contributed by atoms with Crippen LogP contribution >= 0.6 is 0 Å². The van der Waals surface area contributed by atoms with Crippen LogP contribution in [0.2, 0.25) is 0 Å². The second-order valence-corrected chi connectivity index (χ2v) is 7.16. The van der Waals surface area contributed by atoms with E-state index in [2.05, 4.69) is 0 Å². The van der Waals surface area contributed by atoms with Crippen LogP contribution in [0.15, 0.2) is 65.7 Å². The Morgan fingerprint density at radius 3 is 2.68 bits per heavy atom. The van der Waals surface area contributed by atoms with Crippen LogP contribution in [0.1, 0.15) is 5.56 Å². The Kier molecular flexibility index (Phi) is 4.33. The minimum Gasteiger partial charge on any atom is -0.497 e. The molecule has 0 aliphatic carbocycles. The Morgan fingerprint density at radius 1 is 1.16 bits per heavy atom. The summed E-state index contributed by atoms with van der Waals surface area (Å²) in [6, 6.07) is 13.2. The zero-order valence-electron chi connectivity index (χ0n) is 13.4. The smallest absolute Gasteiger partial charge is 0.268 e. The molecule has 0 radical (unpaired) electrons. The van der Waals surface area contributed by atoms with Crippen molar-refractivity contribution in [1.29, 1.82) is 0 Å². The van der Waals surface area contributed by atoms with Crippen LogP contribution in [0, 0.1) is 0 Å². The first-order valence-electron chi connectivity index (χ1n) is 7.40. The molecule has 6 nitrogen and oxygen atoms in total. The molecule has 0 bridgehead atoms. The lowest BCUT2D eigenvalue weighted by molar-refractivity contribution is -0.113. The highest BCUT2D eigenvalue weighted by atomic mass is 32.2. The molecular weight excluding hydrogens is 340 g/mol. The SMILES string of the molecule is COc1ccc2c(ccn2S(=O)(=O)c2cccc(C=CC(N)=O)c2)c1. The number of nitrogens with zero attached hydrogens (tertiary/aromatic N) is 1. The molecule has 2 N–H and O–H groups in total. The highest BCUT2D eigenvalue weighted by Gasteiger charge is 2.19. The third-order valence-electron chi connectivity index (χ3n) is 3.72. The predicted octanol–water partition coefficient (Wildman–Crippen LogP) is 2.39. The summed E-state index contributed by atoms with van der Waals surface area (Å²) in [6.07, 6.45) is 4.16. The summed E-state index contributed by atoms with van der Waals surface area (Å²) in [5.41, 5.74) is 6.19. The first kappa shape index (κ1) is 16.8. The van der Waals surface area contributed by atoms with Gasteiger partial charge in [-0.05, 0) is 48.0 Å². The maximum absolute atomic E-state index is 13.0. The van der Waals surface area contributed by atoms with E-state index in [1.54, 1.807) is 43.5 Å². The van der Waals surface area contributed by atoms with Gasteiger partial charge in [-0.25, -0.2) is 12.4 Å². The first-order valence-corrected chi connectivity index (χ1v) is 8.84. The predicted molar refractivity (Wildman–Crippen MR) is 95.7 cm³/mol. The molecule has 0 spiro atoms. The number of hydrogen-bond acceptors (Lipinski definition) is 4. The van der Waals surface area contributed by atoms with E-state index in [9.17, 15) is 13.2 Å². The van der Waals surface area contributed by atoms with Gasteiger partial charge >= 0.3 is 0 Å². The van der Waals surface area contributed by atoms with Gasteiger partial charge < -0.3 is 10.5 Å². The van der Waals surface area contributed by atoms with E-state index in [0.29, 0.717) is 16.8 Å². The van der Waals surface area contributed by atoms with Gasteiger partial charge in [0.05, 0.1) is 17.5 Å². The van der Waals surface area contributed by atoms with Crippen molar-refractivity contribution in [2.75, 3.05) is 7.11 Å². The third kappa shape index (κ3) is 3.27.